The molecular formula is C27H45NO4. The molecule has 0 unspecified atom stereocenters. The van der Waals surface area contributed by atoms with Crippen LogP contribution in [0.1, 0.15) is 91.4 Å². The van der Waals surface area contributed by atoms with E-state index in [0.29, 0.717) is 29.3 Å². The van der Waals surface area contributed by atoms with Gasteiger partial charge in [-0.3, -0.25) is 4.79 Å². The minimum absolute atomic E-state index is 0.0314. The summed E-state index contributed by atoms with van der Waals surface area (Å²) in [5.41, 5.74) is 7.33. The number of hydrogen-bond acceptors (Lipinski definition) is 5. The van der Waals surface area contributed by atoms with Crippen LogP contribution in [0.3, 0.4) is 0 Å². The standard InChI is InChI=1S/C27H45NO4/c1-16-22(29)7-8-23(32-16)17-9-12-25(2)18(15-17)5-6-20-19(25)10-13-26(3)21(24(30)31-4)11-14-27(20,26)28/h16-23,29H,5-15,28H2,1-4H3/t16-,17-,18+,19-,20+,21+,22+,23-,25-,26+,27+/m0/s1. The number of rotatable bonds is 2. The number of methoxy groups -OCH3 is 1. The lowest BCUT2D eigenvalue weighted by Gasteiger charge is -2.64. The first kappa shape index (κ1) is 23.1. The fourth-order valence-corrected chi connectivity index (χ4v) is 9.57. The van der Waals surface area contributed by atoms with Crippen LogP contribution < -0.4 is 5.73 Å². The number of carbonyl (C=O) groups excluding carboxylic acids is 1. The zero-order valence-electron chi connectivity index (χ0n) is 20.6. The van der Waals surface area contributed by atoms with E-state index in [1.165, 1.54) is 45.6 Å². The third-order valence-corrected chi connectivity index (χ3v) is 11.7. The predicted molar refractivity (Wildman–Crippen MR) is 124 cm³/mol. The second-order valence-corrected chi connectivity index (χ2v) is 12.7. The molecule has 1 heterocycles. The number of aliphatic hydroxyl groups excluding tert-OH is 1. The van der Waals surface area contributed by atoms with Gasteiger partial charge in [0.2, 0.25) is 0 Å². The summed E-state index contributed by atoms with van der Waals surface area (Å²) in [6.07, 6.45) is 12.2. The molecule has 0 aromatic carbocycles. The fourth-order valence-electron chi connectivity index (χ4n) is 9.57. The number of aliphatic hydroxyl groups is 1. The number of ether oxygens (including phenoxy) is 2. The average molecular weight is 448 g/mol. The maximum Gasteiger partial charge on any atom is 0.309 e. The van der Waals surface area contributed by atoms with E-state index in [9.17, 15) is 9.90 Å². The first-order chi connectivity index (χ1) is 15.1. The van der Waals surface area contributed by atoms with Crippen molar-refractivity contribution in [2.24, 2.45) is 46.2 Å². The van der Waals surface area contributed by atoms with Gasteiger partial charge in [0.05, 0.1) is 31.3 Å². The van der Waals surface area contributed by atoms with Crippen molar-refractivity contribution in [2.75, 3.05) is 7.11 Å². The largest absolute Gasteiger partial charge is 0.469 e. The number of nitrogens with two attached hydrogens (primary N) is 1. The van der Waals surface area contributed by atoms with E-state index < -0.39 is 0 Å². The number of esters is 1. The van der Waals surface area contributed by atoms with E-state index in [4.69, 9.17) is 15.2 Å². The molecule has 5 rings (SSSR count). The Hall–Kier alpha value is -0.650. The minimum Gasteiger partial charge on any atom is -0.469 e. The fraction of sp³-hybridized carbons (Fsp3) is 0.963. The number of fused-ring (bicyclic) bond motifs is 5. The summed E-state index contributed by atoms with van der Waals surface area (Å²) < 4.78 is 11.5. The topological polar surface area (TPSA) is 81.8 Å². The Morgan fingerprint density at radius 2 is 1.78 bits per heavy atom. The molecule has 3 N–H and O–H groups in total. The minimum atomic E-state index is -0.298. The van der Waals surface area contributed by atoms with E-state index in [2.05, 4.69) is 13.8 Å². The monoisotopic (exact) mass is 447 g/mol. The van der Waals surface area contributed by atoms with E-state index in [0.717, 1.165) is 38.0 Å². The van der Waals surface area contributed by atoms with Crippen LogP contribution in [0, 0.1) is 40.4 Å². The highest BCUT2D eigenvalue weighted by atomic mass is 16.5. The lowest BCUT2D eigenvalue weighted by molar-refractivity contribution is -0.168. The van der Waals surface area contributed by atoms with Gasteiger partial charge in [0.15, 0.2) is 0 Å². The average Bonchev–Trinajstić information content (AvgIpc) is 3.06. The first-order valence-electron chi connectivity index (χ1n) is 13.3. The lowest BCUT2D eigenvalue weighted by atomic mass is 9.42. The van der Waals surface area contributed by atoms with E-state index in [-0.39, 0.29) is 35.0 Å². The lowest BCUT2D eigenvalue weighted by Crippen LogP contribution is -2.66. The van der Waals surface area contributed by atoms with E-state index in [1.54, 1.807) is 0 Å². The Balaban J connectivity index is 1.33. The molecule has 0 amide bonds. The van der Waals surface area contributed by atoms with E-state index >= 15 is 0 Å². The van der Waals surface area contributed by atoms with Crippen molar-refractivity contribution in [3.05, 3.63) is 0 Å². The van der Waals surface area contributed by atoms with Crippen LogP contribution in [-0.4, -0.2) is 42.0 Å². The molecule has 0 spiro atoms. The van der Waals surface area contributed by atoms with Crippen molar-refractivity contribution < 1.29 is 19.4 Å². The summed E-state index contributed by atoms with van der Waals surface area (Å²) in [5, 5.41) is 10.1. The molecule has 1 saturated heterocycles. The molecule has 5 fully saturated rings. The van der Waals surface area contributed by atoms with Crippen LogP contribution in [0.4, 0.5) is 0 Å². The molecule has 182 valence electrons. The van der Waals surface area contributed by atoms with Crippen molar-refractivity contribution >= 4 is 5.97 Å². The van der Waals surface area contributed by atoms with Gasteiger partial charge in [-0.2, -0.15) is 0 Å². The molecule has 4 aliphatic carbocycles. The molecule has 0 aromatic rings. The second-order valence-electron chi connectivity index (χ2n) is 12.7. The third kappa shape index (κ3) is 3.16. The Bertz CT molecular complexity index is 743. The molecule has 11 atom stereocenters. The highest BCUT2D eigenvalue weighted by Gasteiger charge is 2.67. The molecule has 32 heavy (non-hydrogen) atoms. The number of hydrogen-bond donors (Lipinski definition) is 2. The summed E-state index contributed by atoms with van der Waals surface area (Å²) in [5.74, 6) is 2.49. The van der Waals surface area contributed by atoms with Crippen LogP contribution in [0.2, 0.25) is 0 Å². The van der Waals surface area contributed by atoms with Crippen molar-refractivity contribution in [3.63, 3.8) is 0 Å². The Morgan fingerprint density at radius 1 is 1.00 bits per heavy atom. The van der Waals surface area contributed by atoms with Gasteiger partial charge in [-0.1, -0.05) is 13.8 Å². The molecule has 1 aliphatic heterocycles. The van der Waals surface area contributed by atoms with Crippen LogP contribution in [-0.2, 0) is 14.3 Å². The Morgan fingerprint density at radius 3 is 2.50 bits per heavy atom. The van der Waals surface area contributed by atoms with Crippen LogP contribution in [0.15, 0.2) is 0 Å². The van der Waals surface area contributed by atoms with Gasteiger partial charge >= 0.3 is 5.97 Å². The van der Waals surface area contributed by atoms with Crippen LogP contribution in [0.5, 0.6) is 0 Å². The van der Waals surface area contributed by atoms with Crippen molar-refractivity contribution in [1.29, 1.82) is 0 Å². The maximum absolute atomic E-state index is 12.6. The quantitative estimate of drug-likeness (QED) is 0.612. The SMILES string of the molecule is COC(=O)[C@H]1CC[C@@]2(N)[C@@H]3CC[C@@H]4C[C@@H]([C@@H]5CC[C@@H](O)[C@H](C)O5)CC[C@]4(C)[C@H]3CC[C@]12C. The zero-order valence-corrected chi connectivity index (χ0v) is 20.6. The molecule has 5 nitrogen and oxygen atoms in total. The third-order valence-electron chi connectivity index (χ3n) is 11.7. The first-order valence-corrected chi connectivity index (χ1v) is 13.3. The molecule has 0 aromatic heterocycles. The van der Waals surface area contributed by atoms with Gasteiger partial charge in [-0.25, -0.2) is 0 Å². The van der Waals surface area contributed by atoms with Gasteiger partial charge in [-0.05, 0) is 112 Å². The highest BCUT2D eigenvalue weighted by Crippen LogP contribution is 2.68. The smallest absolute Gasteiger partial charge is 0.309 e. The molecule has 4 saturated carbocycles. The van der Waals surface area contributed by atoms with Crippen molar-refractivity contribution in [3.8, 4) is 0 Å². The van der Waals surface area contributed by atoms with Crippen LogP contribution >= 0.6 is 0 Å². The molecule has 5 aliphatic rings. The normalized spacial score (nSPS) is 55.4. The van der Waals surface area contributed by atoms with E-state index in [1.807, 2.05) is 6.92 Å². The van der Waals surface area contributed by atoms with Gasteiger partial charge in [0, 0.05) is 5.54 Å². The van der Waals surface area contributed by atoms with Crippen molar-refractivity contribution in [2.45, 2.75) is 115 Å². The Labute approximate surface area is 194 Å². The summed E-state index contributed by atoms with van der Waals surface area (Å²) in [6.45, 7) is 6.88. The molecule has 0 bridgehead atoms. The second kappa shape index (κ2) is 7.95. The van der Waals surface area contributed by atoms with Gasteiger partial charge < -0.3 is 20.3 Å². The van der Waals surface area contributed by atoms with Crippen molar-refractivity contribution in [1.82, 2.24) is 0 Å². The molecular weight excluding hydrogens is 402 g/mol. The zero-order chi connectivity index (χ0) is 22.9. The predicted octanol–water partition coefficient (Wildman–Crippen LogP) is 4.44. The summed E-state index contributed by atoms with van der Waals surface area (Å²) in [4.78, 5) is 12.6. The maximum atomic E-state index is 12.6. The number of carbonyl (C=O) groups is 1. The van der Waals surface area contributed by atoms with Gasteiger partial charge in [0.1, 0.15) is 0 Å². The Kier molecular flexibility index (Phi) is 5.74. The highest BCUT2D eigenvalue weighted by molar-refractivity contribution is 5.74. The molecule has 0 radical (unpaired) electrons. The van der Waals surface area contributed by atoms with Gasteiger partial charge in [-0.15, -0.1) is 0 Å². The van der Waals surface area contributed by atoms with Crippen LogP contribution in [0.25, 0.3) is 0 Å². The summed E-state index contributed by atoms with van der Waals surface area (Å²) in [7, 11) is 1.52. The summed E-state index contributed by atoms with van der Waals surface area (Å²) in [6, 6.07) is 0. The summed E-state index contributed by atoms with van der Waals surface area (Å²) >= 11 is 0. The van der Waals surface area contributed by atoms with Gasteiger partial charge in [0.25, 0.3) is 0 Å². The molecule has 5 heteroatoms.